The summed E-state index contributed by atoms with van der Waals surface area (Å²) in [5.41, 5.74) is 7.69. The van der Waals surface area contributed by atoms with E-state index in [4.69, 9.17) is 12.2 Å². The number of rotatable bonds is 4. The summed E-state index contributed by atoms with van der Waals surface area (Å²) < 4.78 is 6.85. The number of carbonyl (C=O) groups is 1. The van der Waals surface area contributed by atoms with Crippen molar-refractivity contribution in [1.82, 2.24) is 30.0 Å². The Kier molecular flexibility index (Phi) is 13.5. The largest absolute Gasteiger partial charge is 0.309 e. The second-order valence-corrected chi connectivity index (χ2v) is 15.5. The lowest BCUT2D eigenvalue weighted by Crippen LogP contribution is -2.28. The number of nitro groups is 4. The van der Waals surface area contributed by atoms with E-state index in [-0.39, 0.29) is 80.5 Å². The first-order valence-corrected chi connectivity index (χ1v) is 18.9. The molecule has 2 fully saturated rings. The van der Waals surface area contributed by atoms with E-state index in [1.807, 2.05) is 26.0 Å². The fraction of sp³-hybridized carbons (Fsp3) is 0.333. The van der Waals surface area contributed by atoms with Crippen LogP contribution >= 0.6 is 49.8 Å². The molecule has 0 radical (unpaired) electrons. The molecule has 4 aliphatic heterocycles. The SMILES string of the molecule is CC1=NN(P)C2C=CC([N+](=O)[O-])=CC12.CC1=NN(P)C2C=CC([N+](=O)[O-])=CC12.O=C1NN(P)C2C=CC([N+](=O)[O-])=CC12.O=[N+]([O-])C1=CC2C(=S)NN(P)C2C=C1. The Hall–Kier alpha value is -4.54. The third-order valence-corrected chi connectivity index (χ3v) is 11.7. The smallest absolute Gasteiger partial charge is 0.266 e. The highest BCUT2D eigenvalue weighted by molar-refractivity contribution is 7.80. The zero-order chi connectivity index (χ0) is 41.2. The van der Waals surface area contributed by atoms with Crippen molar-refractivity contribution in [3.8, 4) is 0 Å². The molecule has 12 atom stereocenters. The molecular weight excluding hydrogens is 828 g/mol. The number of nitrogens with one attached hydrogen (secondary N) is 2. The van der Waals surface area contributed by atoms with Crippen LogP contribution in [0.5, 0.6) is 0 Å². The Morgan fingerprint density at radius 3 is 1.29 bits per heavy atom. The minimum atomic E-state index is -0.495. The van der Waals surface area contributed by atoms with Crippen molar-refractivity contribution in [2.24, 2.45) is 33.9 Å². The Labute approximate surface area is 333 Å². The van der Waals surface area contributed by atoms with Gasteiger partial charge in [0.25, 0.3) is 22.8 Å². The van der Waals surface area contributed by atoms with Gasteiger partial charge in [0.15, 0.2) is 0 Å². The van der Waals surface area contributed by atoms with Gasteiger partial charge in [0.2, 0.25) is 5.91 Å². The highest BCUT2D eigenvalue weighted by Gasteiger charge is 2.40. The fourth-order valence-corrected chi connectivity index (χ4v) is 8.70. The van der Waals surface area contributed by atoms with Gasteiger partial charge in [-0.2, -0.15) is 15.0 Å². The van der Waals surface area contributed by atoms with Gasteiger partial charge in [0.1, 0.15) is 0 Å². The van der Waals surface area contributed by atoms with Gasteiger partial charge < -0.3 is 5.43 Å². The summed E-state index contributed by atoms with van der Waals surface area (Å²) in [5.74, 6) is -0.685. The third kappa shape index (κ3) is 9.35. The van der Waals surface area contributed by atoms with Crippen LogP contribution in [0.1, 0.15) is 13.8 Å². The van der Waals surface area contributed by atoms with E-state index < -0.39 is 15.8 Å². The Morgan fingerprint density at radius 1 is 0.571 bits per heavy atom. The molecule has 21 nitrogen and oxygen atoms in total. The molecule has 12 unspecified atom stereocenters. The van der Waals surface area contributed by atoms with Crippen LogP contribution in [0.25, 0.3) is 0 Å². The number of hydrogen-bond donors (Lipinski definition) is 2. The first-order valence-electron chi connectivity index (χ1n) is 16.4. The molecule has 2 saturated heterocycles. The summed E-state index contributed by atoms with van der Waals surface area (Å²) in [7, 11) is 9.84. The molecule has 26 heteroatoms. The van der Waals surface area contributed by atoms with E-state index in [2.05, 4.69) is 58.6 Å². The summed E-state index contributed by atoms with van der Waals surface area (Å²) >= 11 is 5.07. The van der Waals surface area contributed by atoms with Crippen molar-refractivity contribution >= 4 is 72.1 Å². The minimum absolute atomic E-state index is 0.0262. The Bertz CT molecular complexity index is 1870. The van der Waals surface area contributed by atoms with Crippen LogP contribution in [0, 0.1) is 64.1 Å². The lowest BCUT2D eigenvalue weighted by molar-refractivity contribution is -0.419. The molecule has 0 saturated carbocycles. The first-order chi connectivity index (χ1) is 26.4. The monoisotopic (exact) mass is 864 g/mol. The van der Waals surface area contributed by atoms with Crippen molar-refractivity contribution in [1.29, 1.82) is 0 Å². The van der Waals surface area contributed by atoms with Crippen LogP contribution in [0.15, 0.2) is 106 Å². The van der Waals surface area contributed by atoms with Crippen LogP contribution in [0.2, 0.25) is 0 Å². The van der Waals surface area contributed by atoms with Gasteiger partial charge in [-0.05, 0) is 51.4 Å². The number of amides is 1. The molecule has 0 bridgehead atoms. The number of fused-ring (bicyclic) bond motifs is 4. The number of carbonyl (C=O) groups excluding carboxylic acids is 1. The van der Waals surface area contributed by atoms with Crippen LogP contribution in [-0.4, -0.2) is 85.3 Å². The quantitative estimate of drug-likeness (QED) is 0.178. The van der Waals surface area contributed by atoms with E-state index in [1.54, 1.807) is 49.5 Å². The van der Waals surface area contributed by atoms with E-state index in [0.29, 0.717) is 4.99 Å². The molecule has 2 N–H and O–H groups in total. The zero-order valence-electron chi connectivity index (χ0n) is 29.4. The molecular formula is C30H36N12O9P4S. The molecule has 0 aromatic carbocycles. The van der Waals surface area contributed by atoms with Crippen molar-refractivity contribution in [3.05, 3.63) is 136 Å². The van der Waals surface area contributed by atoms with Gasteiger partial charge in [-0.25, -0.2) is 4.78 Å². The van der Waals surface area contributed by atoms with Crippen LogP contribution in [0.3, 0.4) is 0 Å². The third-order valence-electron chi connectivity index (χ3n) is 9.42. The molecule has 4 aliphatic carbocycles. The van der Waals surface area contributed by atoms with Crippen LogP contribution < -0.4 is 10.9 Å². The van der Waals surface area contributed by atoms with Gasteiger partial charge in [-0.1, -0.05) is 36.5 Å². The lowest BCUT2D eigenvalue weighted by atomic mass is 9.92. The summed E-state index contributed by atoms with van der Waals surface area (Å²) in [6.45, 7) is 3.77. The average molecular weight is 865 g/mol. The maximum atomic E-state index is 11.3. The molecule has 8 rings (SSSR count). The second kappa shape index (κ2) is 17.7. The number of hydrazine groups is 2. The fourth-order valence-electron chi connectivity index (χ4n) is 6.52. The van der Waals surface area contributed by atoms with Gasteiger partial charge in [0, 0.05) is 71.9 Å². The Balaban J connectivity index is 0.000000143. The van der Waals surface area contributed by atoms with Gasteiger partial charge in [-0.15, -0.1) is 0 Å². The molecule has 4 heterocycles. The molecule has 56 heavy (non-hydrogen) atoms. The van der Waals surface area contributed by atoms with E-state index in [9.17, 15) is 45.3 Å². The zero-order valence-corrected chi connectivity index (χ0v) is 34.8. The molecule has 296 valence electrons. The summed E-state index contributed by atoms with van der Waals surface area (Å²) in [6.07, 6.45) is 19.3. The van der Waals surface area contributed by atoms with Crippen molar-refractivity contribution < 1.29 is 24.5 Å². The topological polar surface area (TPSA) is 251 Å². The maximum Gasteiger partial charge on any atom is 0.266 e. The number of hydrazone groups is 2. The molecule has 8 aliphatic rings. The molecule has 1 amide bonds. The summed E-state index contributed by atoms with van der Waals surface area (Å²) in [4.78, 5) is 52.4. The van der Waals surface area contributed by atoms with Gasteiger partial charge >= 0.3 is 0 Å². The molecule has 0 aromatic rings. The van der Waals surface area contributed by atoms with E-state index in [0.717, 1.165) is 11.4 Å². The van der Waals surface area contributed by atoms with Crippen LogP contribution in [-0.2, 0) is 4.79 Å². The predicted octanol–water partition coefficient (Wildman–Crippen LogP) is 2.84. The average Bonchev–Trinajstić information content (AvgIpc) is 3.82. The maximum absolute atomic E-state index is 11.3. The van der Waals surface area contributed by atoms with Crippen molar-refractivity contribution in [3.63, 3.8) is 0 Å². The van der Waals surface area contributed by atoms with Gasteiger partial charge in [0.05, 0.1) is 60.7 Å². The van der Waals surface area contributed by atoms with Crippen molar-refractivity contribution in [2.45, 2.75) is 38.0 Å². The van der Waals surface area contributed by atoms with Crippen LogP contribution in [0.4, 0.5) is 0 Å². The van der Waals surface area contributed by atoms with E-state index >= 15 is 0 Å². The lowest BCUT2D eigenvalue weighted by Gasteiger charge is -2.21. The van der Waals surface area contributed by atoms with Gasteiger partial charge in [-0.3, -0.25) is 60.2 Å². The van der Waals surface area contributed by atoms with Crippen molar-refractivity contribution in [2.75, 3.05) is 0 Å². The second-order valence-electron chi connectivity index (χ2n) is 12.9. The molecule has 0 aromatic heterocycles. The number of allylic oxidation sites excluding steroid dienone is 4. The summed E-state index contributed by atoms with van der Waals surface area (Å²) in [6, 6.07) is 0.153. The number of hydrogen-bond acceptors (Lipinski definition) is 16. The normalized spacial score (nSPS) is 30.3. The Morgan fingerprint density at radius 2 is 0.893 bits per heavy atom. The minimum Gasteiger partial charge on any atom is -0.309 e. The first kappa shape index (κ1) is 42.6. The standard InChI is InChI=1S/2C8H10N3O2P.C7H8N3O3P.C7H8N3O2PS/c2*1-5-7-4-6(11(12)13)2-3-8(7)10(14)9-5;11-7-5-3-4(10(12)13)1-2-6(5)9(14)8-7;11-10(12)4-1-2-6-5(3-4)7(14)8-9(6)13/h2*2-4,7-8H,14H2,1H3;1-3,5-6H,14H2,(H,8,11);1-3,5-6H,13H2,(H,8,14). The highest BCUT2D eigenvalue weighted by atomic mass is 32.1. The number of thiocarbonyl (C=S) groups is 1. The molecule has 0 spiro atoms. The predicted molar refractivity (Wildman–Crippen MR) is 222 cm³/mol. The summed E-state index contributed by atoms with van der Waals surface area (Å²) in [5, 5.41) is 50.6. The highest BCUT2D eigenvalue weighted by Crippen LogP contribution is 2.33. The number of nitrogens with zero attached hydrogens (tertiary/aromatic N) is 10. The van der Waals surface area contributed by atoms with E-state index in [1.165, 1.54) is 30.4 Å².